The van der Waals surface area contributed by atoms with Gasteiger partial charge in [0.2, 0.25) is 0 Å². The summed E-state index contributed by atoms with van der Waals surface area (Å²) in [7, 11) is -3.66. The maximum absolute atomic E-state index is 13.1. The maximum Gasteiger partial charge on any atom is 0.322 e. The lowest BCUT2D eigenvalue weighted by Crippen LogP contribution is -2.52. The first kappa shape index (κ1) is 16.2. The van der Waals surface area contributed by atoms with Gasteiger partial charge in [-0.15, -0.1) is 0 Å². The Hall–Kier alpha value is -0.660. The van der Waals surface area contributed by atoms with Crippen LogP contribution >= 0.6 is 0 Å². The van der Waals surface area contributed by atoms with Crippen molar-refractivity contribution in [1.29, 1.82) is 0 Å². The van der Waals surface area contributed by atoms with Crippen LogP contribution in [0.3, 0.4) is 0 Å². The standard InChI is InChI=1S/C15H26N2O4S/c18-15(19)14-11-12-7-3-4-8-13(12)17(14)22(20,21)16-9-5-1-2-6-10-16/h12-14H,1-11H2,(H,18,19). The van der Waals surface area contributed by atoms with E-state index < -0.39 is 22.2 Å². The van der Waals surface area contributed by atoms with Gasteiger partial charge in [0, 0.05) is 19.1 Å². The quantitative estimate of drug-likeness (QED) is 0.856. The van der Waals surface area contributed by atoms with Crippen LogP contribution < -0.4 is 0 Å². The second-order valence-electron chi connectivity index (χ2n) is 6.85. The largest absolute Gasteiger partial charge is 0.480 e. The van der Waals surface area contributed by atoms with E-state index in [-0.39, 0.29) is 12.0 Å². The molecule has 2 aliphatic heterocycles. The first-order valence-electron chi connectivity index (χ1n) is 8.53. The lowest BCUT2D eigenvalue weighted by Gasteiger charge is -2.35. The minimum Gasteiger partial charge on any atom is -0.480 e. The van der Waals surface area contributed by atoms with Gasteiger partial charge in [0.25, 0.3) is 10.2 Å². The molecule has 3 fully saturated rings. The van der Waals surface area contributed by atoms with Crippen LogP contribution in [0.5, 0.6) is 0 Å². The Bertz CT molecular complexity index is 514. The predicted molar refractivity (Wildman–Crippen MR) is 82.6 cm³/mol. The molecule has 0 aromatic carbocycles. The van der Waals surface area contributed by atoms with E-state index in [4.69, 9.17) is 0 Å². The molecule has 7 heteroatoms. The number of fused-ring (bicyclic) bond motifs is 1. The minimum absolute atomic E-state index is 0.108. The topological polar surface area (TPSA) is 77.9 Å². The summed E-state index contributed by atoms with van der Waals surface area (Å²) < 4.78 is 29.1. The number of carboxylic acids is 1. The van der Waals surface area contributed by atoms with Crippen molar-refractivity contribution in [3.8, 4) is 0 Å². The summed E-state index contributed by atoms with van der Waals surface area (Å²) in [5.74, 6) is -0.774. The number of aliphatic carboxylic acids is 1. The molecule has 0 bridgehead atoms. The Morgan fingerprint density at radius 1 is 0.955 bits per heavy atom. The summed E-state index contributed by atoms with van der Waals surface area (Å²) in [5, 5.41) is 9.52. The summed E-state index contributed by atoms with van der Waals surface area (Å²) in [6.45, 7) is 1.06. The van der Waals surface area contributed by atoms with E-state index >= 15 is 0 Å². The Morgan fingerprint density at radius 3 is 2.23 bits per heavy atom. The molecular weight excluding hydrogens is 304 g/mol. The smallest absolute Gasteiger partial charge is 0.322 e. The SMILES string of the molecule is O=C(O)C1CC2CCCCC2N1S(=O)(=O)N1CCCCCC1. The van der Waals surface area contributed by atoms with Crippen LogP contribution in [0.2, 0.25) is 0 Å². The van der Waals surface area contributed by atoms with Gasteiger partial charge in [0.1, 0.15) is 6.04 Å². The molecule has 1 aliphatic carbocycles. The normalized spacial score (nSPS) is 35.0. The zero-order valence-electron chi connectivity index (χ0n) is 13.0. The highest BCUT2D eigenvalue weighted by atomic mass is 32.2. The summed E-state index contributed by atoms with van der Waals surface area (Å²) >= 11 is 0. The Balaban J connectivity index is 1.89. The highest BCUT2D eigenvalue weighted by molar-refractivity contribution is 7.86. The third-order valence-corrected chi connectivity index (χ3v) is 7.55. The molecule has 1 saturated carbocycles. The van der Waals surface area contributed by atoms with Crippen LogP contribution in [-0.4, -0.2) is 53.3 Å². The lowest BCUT2D eigenvalue weighted by molar-refractivity contribution is -0.141. The van der Waals surface area contributed by atoms with E-state index in [1.807, 2.05) is 0 Å². The molecule has 6 nitrogen and oxygen atoms in total. The summed E-state index contributed by atoms with van der Waals surface area (Å²) in [5.41, 5.74) is 0. The average Bonchev–Trinajstić information content (AvgIpc) is 2.67. The third kappa shape index (κ3) is 2.90. The van der Waals surface area contributed by atoms with Crippen molar-refractivity contribution in [3.05, 3.63) is 0 Å². The van der Waals surface area contributed by atoms with Crippen molar-refractivity contribution in [3.63, 3.8) is 0 Å². The van der Waals surface area contributed by atoms with Crippen LogP contribution in [0.15, 0.2) is 0 Å². The van der Waals surface area contributed by atoms with Gasteiger partial charge >= 0.3 is 5.97 Å². The summed E-state index contributed by atoms with van der Waals surface area (Å²) in [6, 6.07) is -0.982. The zero-order chi connectivity index (χ0) is 15.7. The van der Waals surface area contributed by atoms with Crippen molar-refractivity contribution in [1.82, 2.24) is 8.61 Å². The number of nitrogens with zero attached hydrogens (tertiary/aromatic N) is 2. The van der Waals surface area contributed by atoms with Crippen LogP contribution in [0.25, 0.3) is 0 Å². The van der Waals surface area contributed by atoms with Crippen molar-refractivity contribution in [2.45, 2.75) is 69.9 Å². The van der Waals surface area contributed by atoms with Gasteiger partial charge in [0.05, 0.1) is 0 Å². The molecule has 1 N–H and O–H groups in total. The summed E-state index contributed by atoms with van der Waals surface area (Å²) in [4.78, 5) is 11.6. The number of carbonyl (C=O) groups is 1. The molecule has 0 aromatic heterocycles. The van der Waals surface area contributed by atoms with E-state index in [1.54, 1.807) is 0 Å². The van der Waals surface area contributed by atoms with Gasteiger partial charge in [-0.1, -0.05) is 25.7 Å². The fourth-order valence-corrected chi connectivity index (χ4v) is 6.47. The van der Waals surface area contributed by atoms with Gasteiger partial charge in [-0.25, -0.2) is 0 Å². The number of carboxylic acid groups (broad SMARTS) is 1. The highest BCUT2D eigenvalue weighted by Gasteiger charge is 2.52. The van der Waals surface area contributed by atoms with E-state index in [0.29, 0.717) is 19.5 Å². The van der Waals surface area contributed by atoms with E-state index in [9.17, 15) is 18.3 Å². The molecule has 2 heterocycles. The molecule has 3 rings (SSSR count). The zero-order valence-corrected chi connectivity index (χ0v) is 13.8. The number of hydrogen-bond donors (Lipinski definition) is 1. The average molecular weight is 330 g/mol. The first-order chi connectivity index (χ1) is 10.5. The molecule has 3 unspecified atom stereocenters. The van der Waals surface area contributed by atoms with Crippen LogP contribution in [0.1, 0.15) is 57.8 Å². The fraction of sp³-hybridized carbons (Fsp3) is 0.933. The van der Waals surface area contributed by atoms with Gasteiger partial charge in [0.15, 0.2) is 0 Å². The second-order valence-corrected chi connectivity index (χ2v) is 8.69. The molecule has 0 spiro atoms. The van der Waals surface area contributed by atoms with Crippen LogP contribution in [0, 0.1) is 5.92 Å². The molecule has 22 heavy (non-hydrogen) atoms. The minimum atomic E-state index is -3.66. The van der Waals surface area contributed by atoms with Gasteiger partial charge in [-0.3, -0.25) is 4.79 Å². The first-order valence-corrected chi connectivity index (χ1v) is 9.93. The van der Waals surface area contributed by atoms with Gasteiger partial charge in [-0.05, 0) is 38.0 Å². The maximum atomic E-state index is 13.1. The van der Waals surface area contributed by atoms with Crippen molar-refractivity contribution < 1.29 is 18.3 Å². The van der Waals surface area contributed by atoms with Crippen molar-refractivity contribution in [2.24, 2.45) is 5.92 Å². The van der Waals surface area contributed by atoms with E-state index in [1.165, 1.54) is 8.61 Å². The van der Waals surface area contributed by atoms with Gasteiger partial charge in [-0.2, -0.15) is 17.0 Å². The fourth-order valence-electron chi connectivity index (χ4n) is 4.37. The summed E-state index contributed by atoms with van der Waals surface area (Å²) in [6.07, 6.45) is 8.19. The Kier molecular flexibility index (Phi) is 4.75. The molecule has 3 atom stereocenters. The molecule has 0 radical (unpaired) electrons. The van der Waals surface area contributed by atoms with Crippen LogP contribution in [0.4, 0.5) is 0 Å². The highest BCUT2D eigenvalue weighted by Crippen LogP contribution is 2.42. The van der Waals surface area contributed by atoms with Crippen molar-refractivity contribution >= 4 is 16.2 Å². The molecule has 3 aliphatic rings. The van der Waals surface area contributed by atoms with Gasteiger partial charge < -0.3 is 5.11 Å². The number of rotatable bonds is 3. The molecule has 2 saturated heterocycles. The lowest BCUT2D eigenvalue weighted by atomic mass is 9.85. The molecular formula is C15H26N2O4S. The monoisotopic (exact) mass is 330 g/mol. The Morgan fingerprint density at radius 2 is 1.59 bits per heavy atom. The molecule has 0 aromatic rings. The van der Waals surface area contributed by atoms with Crippen molar-refractivity contribution in [2.75, 3.05) is 13.1 Å². The second kappa shape index (κ2) is 6.45. The number of hydrogen-bond acceptors (Lipinski definition) is 3. The Labute approximate surface area is 132 Å². The van der Waals surface area contributed by atoms with E-state index in [2.05, 4.69) is 0 Å². The van der Waals surface area contributed by atoms with E-state index in [0.717, 1.165) is 51.4 Å². The third-order valence-electron chi connectivity index (χ3n) is 5.47. The predicted octanol–water partition coefficient (Wildman–Crippen LogP) is 1.82. The molecule has 126 valence electrons. The molecule has 0 amide bonds. The van der Waals surface area contributed by atoms with Crippen LogP contribution in [-0.2, 0) is 15.0 Å².